The topological polar surface area (TPSA) is 46.2 Å². The molecule has 0 unspecified atom stereocenters. The van der Waals surface area contributed by atoms with E-state index >= 15 is 0 Å². The van der Waals surface area contributed by atoms with Gasteiger partial charge in [0.1, 0.15) is 0 Å². The largest absolute Gasteiger partial charge is 0.387 e. The maximum atomic E-state index is 9.31. The number of aliphatic hydroxyl groups is 1. The van der Waals surface area contributed by atoms with Gasteiger partial charge in [-0.3, -0.25) is 0 Å². The predicted molar refractivity (Wildman–Crippen MR) is 79.0 cm³/mol. The van der Waals surface area contributed by atoms with Crippen molar-refractivity contribution in [3.63, 3.8) is 0 Å². The third-order valence-electron chi connectivity index (χ3n) is 1.64. The zero-order valence-electron chi connectivity index (χ0n) is 11.5. The van der Waals surface area contributed by atoms with Crippen molar-refractivity contribution in [1.29, 1.82) is 0 Å². The summed E-state index contributed by atoms with van der Waals surface area (Å²) in [6.07, 6.45) is 0.611. The molecule has 0 aliphatic carbocycles. The van der Waals surface area contributed by atoms with Crippen molar-refractivity contribution in [3.8, 4) is 0 Å². The smallest absolute Gasteiger partial charge is 0.0949 e. The van der Waals surface area contributed by atoms with E-state index in [1.54, 1.807) is 6.92 Å². The van der Waals surface area contributed by atoms with E-state index in [1.807, 2.05) is 0 Å². The molecule has 0 aromatic rings. The van der Waals surface area contributed by atoms with E-state index in [-0.39, 0.29) is 6.04 Å². The van der Waals surface area contributed by atoms with Crippen LogP contribution in [0.15, 0.2) is 92.9 Å². The van der Waals surface area contributed by atoms with Gasteiger partial charge in [-0.05, 0) is 88.4 Å². The van der Waals surface area contributed by atoms with E-state index in [4.69, 9.17) is 5.73 Å². The molecule has 0 saturated carbocycles. The zero-order chi connectivity index (χ0) is 15.8. The fourth-order valence-electron chi connectivity index (χ4n) is 0.672. The van der Waals surface area contributed by atoms with E-state index in [1.165, 1.54) is 6.08 Å². The Morgan fingerprint density at radius 3 is 1.57 bits per heavy atom. The normalized spacial score (nSPS) is 8.71. The molecule has 2 atom stereocenters. The van der Waals surface area contributed by atoms with Crippen LogP contribution < -0.4 is 5.73 Å². The van der Waals surface area contributed by atoms with Gasteiger partial charge in [-0.1, -0.05) is 11.5 Å². The van der Waals surface area contributed by atoms with Gasteiger partial charge in [0.25, 0.3) is 0 Å². The molecule has 0 heterocycles. The van der Waals surface area contributed by atoms with E-state index < -0.39 is 6.10 Å². The van der Waals surface area contributed by atoms with Crippen LogP contribution in [-0.4, -0.2) is 17.3 Å². The van der Waals surface area contributed by atoms with Crippen molar-refractivity contribution < 1.29 is 5.11 Å². The number of nitrogens with two attached hydrogens (primary N) is 1. The number of hydrogen-bond donors (Lipinski definition) is 2. The minimum atomic E-state index is -0.766. The maximum Gasteiger partial charge on any atom is 0.0949 e. The Balaban J connectivity index is 5.44. The van der Waals surface area contributed by atoms with Gasteiger partial charge >= 0.3 is 0 Å². The van der Waals surface area contributed by atoms with Gasteiger partial charge in [-0.25, -0.2) is 0 Å². The highest BCUT2D eigenvalue weighted by Gasteiger charge is 2.02. The van der Waals surface area contributed by atoms with Gasteiger partial charge < -0.3 is 10.8 Å². The van der Waals surface area contributed by atoms with Crippen molar-refractivity contribution >= 4 is 0 Å². The molecular weight excluding hydrogens is 258 g/mol. The maximum absolute atomic E-state index is 9.31. The Morgan fingerprint density at radius 1 is 0.810 bits per heavy atom. The molecule has 0 aromatic carbocycles. The lowest BCUT2D eigenvalue weighted by molar-refractivity contribution is 0.198. The first kappa shape index (κ1) is 17.6. The van der Waals surface area contributed by atoms with Crippen LogP contribution in [0.4, 0.5) is 0 Å². The Bertz CT molecular complexity index is 892. The molecule has 98 valence electrons. The van der Waals surface area contributed by atoms with Gasteiger partial charge in [-0.15, -0.1) is 0 Å². The summed E-state index contributed by atoms with van der Waals surface area (Å²) < 4.78 is 0. The van der Waals surface area contributed by atoms with Crippen molar-refractivity contribution in [2.45, 2.75) is 19.1 Å². The van der Waals surface area contributed by atoms with Crippen molar-refractivity contribution in [3.05, 3.63) is 92.9 Å². The second-order valence-electron chi connectivity index (χ2n) is 3.34. The van der Waals surface area contributed by atoms with Gasteiger partial charge in [0.05, 0.1) is 6.10 Å². The Hall–Kier alpha value is -3.42. The standard InChI is InChI=1S/C19H11NO/c1-3-4-5-6-7-8-9-10-11-12-13-14-15-16-17-19(21)18(2)20/h17-19,21H,1,20H2,2H3/t18-,19-/m0/s1. The Morgan fingerprint density at radius 2 is 1.19 bits per heavy atom. The SMILES string of the molecule is C=C=C=C=C=C=C=C=C=C=C=C=C=C=C=C[C@H](O)[C@H](C)N. The second kappa shape index (κ2) is 13.0. The average molecular weight is 269 g/mol. The molecule has 0 spiro atoms. The molecule has 3 N–H and O–H groups in total. The van der Waals surface area contributed by atoms with Gasteiger partial charge in [-0.2, -0.15) is 0 Å². The third kappa shape index (κ3) is 12.8. The number of rotatable bonds is 2. The lowest BCUT2D eigenvalue weighted by Gasteiger charge is -2.06. The van der Waals surface area contributed by atoms with Crippen molar-refractivity contribution in [2.75, 3.05) is 0 Å². The number of hydrogen-bond acceptors (Lipinski definition) is 2. The lowest BCUT2D eigenvalue weighted by Crippen LogP contribution is -2.29. The summed E-state index contributed by atoms with van der Waals surface area (Å²) in [5.74, 6) is 0. The summed E-state index contributed by atoms with van der Waals surface area (Å²) >= 11 is 0. The molecule has 0 aromatic heterocycles. The summed E-state index contributed by atoms with van der Waals surface area (Å²) in [7, 11) is 0. The molecule has 0 aliphatic rings. The Kier molecular flexibility index (Phi) is 10.9. The average Bonchev–Trinajstić information content (AvgIpc) is 2.47. The van der Waals surface area contributed by atoms with E-state index in [0.29, 0.717) is 0 Å². The first-order chi connectivity index (χ1) is 10.2. The monoisotopic (exact) mass is 269 g/mol. The van der Waals surface area contributed by atoms with Crippen LogP contribution in [0.5, 0.6) is 0 Å². The zero-order valence-corrected chi connectivity index (χ0v) is 11.5. The molecule has 0 saturated heterocycles. The van der Waals surface area contributed by atoms with E-state index in [2.05, 4.69) is 86.8 Å². The molecule has 0 amide bonds. The van der Waals surface area contributed by atoms with Gasteiger partial charge in [0, 0.05) is 6.04 Å². The second-order valence-corrected chi connectivity index (χ2v) is 3.34. The molecule has 0 radical (unpaired) electrons. The van der Waals surface area contributed by atoms with Gasteiger partial charge in [0.15, 0.2) is 0 Å². The molecular formula is C19H11NO. The summed E-state index contributed by atoms with van der Waals surface area (Å²) in [5.41, 5.74) is 40.1. The van der Waals surface area contributed by atoms with Crippen LogP contribution in [0.2, 0.25) is 0 Å². The Labute approximate surface area is 123 Å². The lowest BCUT2D eigenvalue weighted by atomic mass is 10.2. The predicted octanol–water partition coefficient (Wildman–Crippen LogP) is 2.05. The summed E-state index contributed by atoms with van der Waals surface area (Å²) in [6.45, 7) is 4.98. The van der Waals surface area contributed by atoms with Crippen LogP contribution in [0.1, 0.15) is 6.92 Å². The molecule has 0 fully saturated rings. The van der Waals surface area contributed by atoms with E-state index in [9.17, 15) is 5.11 Å². The first-order valence-corrected chi connectivity index (χ1v) is 5.73. The quantitative estimate of drug-likeness (QED) is 0.754. The summed E-state index contributed by atoms with van der Waals surface area (Å²) in [6, 6.07) is -0.362. The fourth-order valence-corrected chi connectivity index (χ4v) is 0.672. The highest BCUT2D eigenvalue weighted by molar-refractivity contribution is 4.95. The molecule has 0 aliphatic heterocycles. The van der Waals surface area contributed by atoms with Crippen LogP contribution in [0, 0.1) is 0 Å². The van der Waals surface area contributed by atoms with Gasteiger partial charge in [0.2, 0.25) is 0 Å². The van der Waals surface area contributed by atoms with Crippen LogP contribution in [0.3, 0.4) is 0 Å². The van der Waals surface area contributed by atoms with Crippen LogP contribution in [0.25, 0.3) is 0 Å². The van der Waals surface area contributed by atoms with Crippen LogP contribution >= 0.6 is 0 Å². The third-order valence-corrected chi connectivity index (χ3v) is 1.64. The summed E-state index contributed by atoms with van der Waals surface area (Å²) in [4.78, 5) is 0. The first-order valence-electron chi connectivity index (χ1n) is 5.73. The van der Waals surface area contributed by atoms with Crippen molar-refractivity contribution in [1.82, 2.24) is 0 Å². The molecule has 0 bridgehead atoms. The highest BCUT2D eigenvalue weighted by atomic mass is 16.3. The minimum Gasteiger partial charge on any atom is -0.387 e. The molecule has 0 rings (SSSR count). The molecule has 21 heavy (non-hydrogen) atoms. The number of aliphatic hydroxyl groups excluding tert-OH is 1. The molecule has 2 nitrogen and oxygen atoms in total. The highest BCUT2D eigenvalue weighted by Crippen LogP contribution is 1.88. The fraction of sp³-hybridized carbons (Fsp3) is 0.158. The van der Waals surface area contributed by atoms with E-state index in [0.717, 1.165) is 0 Å². The summed E-state index contributed by atoms with van der Waals surface area (Å²) in [5, 5.41) is 9.31. The minimum absolute atomic E-state index is 0.362. The molecule has 2 heteroatoms. The van der Waals surface area contributed by atoms with Crippen LogP contribution in [-0.2, 0) is 0 Å². The van der Waals surface area contributed by atoms with Crippen molar-refractivity contribution in [2.24, 2.45) is 5.73 Å².